The number of thiophene rings is 1. The zero-order valence-electron chi connectivity index (χ0n) is 19.4. The fourth-order valence-corrected chi connectivity index (χ4v) is 4.91. The number of pyridine rings is 1. The van der Waals surface area contributed by atoms with Gasteiger partial charge in [-0.2, -0.15) is 5.26 Å². The second-order valence-electron chi connectivity index (χ2n) is 8.15. The van der Waals surface area contributed by atoms with Crippen LogP contribution in [0, 0.1) is 24.1 Å². The average molecular weight is 499 g/mol. The number of rotatable bonds is 6. The summed E-state index contributed by atoms with van der Waals surface area (Å²) in [6.07, 6.45) is 1.24. The zero-order valence-corrected chi connectivity index (χ0v) is 20.2. The second kappa shape index (κ2) is 9.24. The number of carbonyl (C=O) groups excluding carboxylic acids is 1. The van der Waals surface area contributed by atoms with Crippen molar-refractivity contribution in [2.75, 3.05) is 0 Å². The van der Waals surface area contributed by atoms with Crippen molar-refractivity contribution in [2.24, 2.45) is 7.05 Å². The Balaban J connectivity index is 1.43. The van der Waals surface area contributed by atoms with Crippen molar-refractivity contribution >= 4 is 27.3 Å². The van der Waals surface area contributed by atoms with Crippen molar-refractivity contribution in [1.29, 1.82) is 5.26 Å². The third-order valence-corrected chi connectivity index (χ3v) is 6.86. The largest absolute Gasteiger partial charge is 0.451 e. The lowest BCUT2D eigenvalue weighted by Gasteiger charge is -2.10. The van der Waals surface area contributed by atoms with Crippen LogP contribution in [-0.2, 0) is 13.5 Å². The normalized spacial score (nSPS) is 10.9. The Hall–Kier alpha value is -4.55. The summed E-state index contributed by atoms with van der Waals surface area (Å²) < 4.78 is 24.5. The van der Waals surface area contributed by atoms with E-state index in [0.717, 1.165) is 0 Å². The molecule has 5 aromatic rings. The van der Waals surface area contributed by atoms with Crippen molar-refractivity contribution < 1.29 is 13.9 Å². The van der Waals surface area contributed by atoms with Gasteiger partial charge in [0, 0.05) is 25.4 Å². The van der Waals surface area contributed by atoms with E-state index in [0.29, 0.717) is 27.2 Å². The number of ether oxygens (including phenoxy) is 1. The van der Waals surface area contributed by atoms with Gasteiger partial charge in [-0.3, -0.25) is 19.3 Å². The highest BCUT2D eigenvalue weighted by Crippen LogP contribution is 2.36. The predicted octanol–water partition coefficient (Wildman–Crippen LogP) is 5.32. The molecule has 3 aromatic heterocycles. The van der Waals surface area contributed by atoms with E-state index in [1.165, 1.54) is 34.3 Å². The molecule has 0 fully saturated rings. The molecule has 0 bridgehead atoms. The predicted molar refractivity (Wildman–Crippen MR) is 135 cm³/mol. The van der Waals surface area contributed by atoms with Crippen molar-refractivity contribution in [3.63, 3.8) is 0 Å². The number of hydrogen-bond donors (Lipinski definition) is 0. The lowest BCUT2D eigenvalue weighted by atomic mass is 10.0. The minimum Gasteiger partial charge on any atom is -0.451 e. The van der Waals surface area contributed by atoms with Gasteiger partial charge in [-0.25, -0.2) is 9.07 Å². The SMILES string of the molecule is Cc1c(C(=O)Cc2ccc(Oc3c(C#N)cnc4ccsc34)c(F)c2)c(=O)n(-c2ccccc2)n1C. The van der Waals surface area contributed by atoms with E-state index in [4.69, 9.17) is 4.74 Å². The number of hydrogen-bond acceptors (Lipinski definition) is 6. The van der Waals surface area contributed by atoms with Crippen LogP contribution in [0.2, 0.25) is 0 Å². The number of carbonyl (C=O) groups is 1. The number of ketones is 1. The van der Waals surface area contributed by atoms with E-state index < -0.39 is 17.2 Å². The maximum absolute atomic E-state index is 15.0. The molecular weight excluding hydrogens is 479 g/mol. The first-order valence-electron chi connectivity index (χ1n) is 11.0. The van der Waals surface area contributed by atoms with Gasteiger partial charge in [0.15, 0.2) is 23.1 Å². The summed E-state index contributed by atoms with van der Waals surface area (Å²) >= 11 is 1.34. The molecule has 0 radical (unpaired) electrons. The van der Waals surface area contributed by atoms with Gasteiger partial charge in [-0.1, -0.05) is 24.3 Å². The van der Waals surface area contributed by atoms with Crippen LogP contribution in [0.1, 0.15) is 27.2 Å². The Morgan fingerprint density at radius 2 is 1.97 bits per heavy atom. The Labute approximate surface area is 209 Å². The summed E-state index contributed by atoms with van der Waals surface area (Å²) in [6.45, 7) is 1.71. The van der Waals surface area contributed by atoms with Crippen molar-refractivity contribution in [3.05, 3.63) is 105 Å². The zero-order chi connectivity index (χ0) is 25.4. The topological polar surface area (TPSA) is 89.9 Å². The quantitative estimate of drug-likeness (QED) is 0.296. The molecule has 0 unspecified atom stereocenters. The molecule has 178 valence electrons. The summed E-state index contributed by atoms with van der Waals surface area (Å²) in [5, 5.41) is 11.2. The van der Waals surface area contributed by atoms with Gasteiger partial charge in [0.2, 0.25) is 0 Å². The van der Waals surface area contributed by atoms with E-state index in [9.17, 15) is 19.2 Å². The van der Waals surface area contributed by atoms with Gasteiger partial charge >= 0.3 is 0 Å². The van der Waals surface area contributed by atoms with Crippen molar-refractivity contribution in [1.82, 2.24) is 14.3 Å². The minimum absolute atomic E-state index is 0.0672. The summed E-state index contributed by atoms with van der Waals surface area (Å²) in [4.78, 5) is 30.4. The second-order valence-corrected chi connectivity index (χ2v) is 9.07. The minimum atomic E-state index is -0.683. The molecule has 0 N–H and O–H groups in total. The molecule has 3 heterocycles. The standard InChI is InChI=1S/C27H19FN4O3S/c1-16-24(27(34)32(31(16)2)19-6-4-3-5-7-19)22(33)13-17-8-9-23(20(28)12-17)35-25-18(14-29)15-30-21-10-11-36-26(21)25/h3-12,15H,13H2,1-2H3. The van der Waals surface area contributed by atoms with Gasteiger partial charge in [0.25, 0.3) is 5.56 Å². The number of Topliss-reactive ketones (excluding diaryl/α,β-unsaturated/α-hetero) is 1. The number of benzene rings is 2. The van der Waals surface area contributed by atoms with Crippen LogP contribution in [0.4, 0.5) is 4.39 Å². The third-order valence-electron chi connectivity index (χ3n) is 5.95. The van der Waals surface area contributed by atoms with Gasteiger partial charge in [0.05, 0.1) is 15.9 Å². The Bertz CT molecular complexity index is 1730. The molecule has 5 rings (SSSR count). The summed E-state index contributed by atoms with van der Waals surface area (Å²) in [6, 6.07) is 17.0. The summed E-state index contributed by atoms with van der Waals surface area (Å²) in [7, 11) is 1.71. The van der Waals surface area contributed by atoms with E-state index >= 15 is 0 Å². The molecule has 0 spiro atoms. The fourth-order valence-electron chi connectivity index (χ4n) is 4.08. The van der Waals surface area contributed by atoms with Crippen LogP contribution >= 0.6 is 11.3 Å². The molecular formula is C27H19FN4O3S. The smallest absolute Gasteiger partial charge is 0.282 e. The van der Waals surface area contributed by atoms with E-state index in [1.807, 2.05) is 29.6 Å². The van der Waals surface area contributed by atoms with Gasteiger partial charge < -0.3 is 4.74 Å². The highest BCUT2D eigenvalue weighted by Gasteiger charge is 2.23. The van der Waals surface area contributed by atoms with Gasteiger partial charge in [-0.15, -0.1) is 11.3 Å². The first-order chi connectivity index (χ1) is 17.4. The first kappa shape index (κ1) is 23.2. The van der Waals surface area contributed by atoms with Crippen LogP contribution in [-0.4, -0.2) is 20.1 Å². The lowest BCUT2D eigenvalue weighted by molar-refractivity contribution is 0.0991. The molecule has 2 aromatic carbocycles. The van der Waals surface area contributed by atoms with Gasteiger partial charge in [-0.05, 0) is 48.2 Å². The van der Waals surface area contributed by atoms with E-state index in [-0.39, 0.29) is 29.0 Å². The number of nitriles is 1. The number of para-hydroxylation sites is 1. The van der Waals surface area contributed by atoms with Crippen molar-refractivity contribution in [2.45, 2.75) is 13.3 Å². The molecule has 0 saturated heterocycles. The Kier molecular flexibility index (Phi) is 5.96. The Morgan fingerprint density at radius 3 is 2.69 bits per heavy atom. The van der Waals surface area contributed by atoms with Gasteiger partial charge in [0.1, 0.15) is 17.2 Å². The van der Waals surface area contributed by atoms with Crippen molar-refractivity contribution in [3.8, 4) is 23.3 Å². The maximum atomic E-state index is 15.0. The first-order valence-corrected chi connectivity index (χ1v) is 11.9. The molecule has 0 aliphatic rings. The lowest BCUT2D eigenvalue weighted by Crippen LogP contribution is -2.23. The molecule has 0 amide bonds. The van der Waals surface area contributed by atoms with E-state index in [2.05, 4.69) is 4.98 Å². The van der Waals surface area contributed by atoms with Crippen LogP contribution in [0.5, 0.6) is 11.5 Å². The molecule has 36 heavy (non-hydrogen) atoms. The third kappa shape index (κ3) is 3.97. The number of aromatic nitrogens is 3. The highest BCUT2D eigenvalue weighted by molar-refractivity contribution is 7.17. The van der Waals surface area contributed by atoms with Crippen LogP contribution < -0.4 is 10.3 Å². The molecule has 0 aliphatic heterocycles. The molecule has 0 atom stereocenters. The summed E-state index contributed by atoms with van der Waals surface area (Å²) in [5.74, 6) is -0.929. The maximum Gasteiger partial charge on any atom is 0.282 e. The molecule has 7 nitrogen and oxygen atoms in total. The average Bonchev–Trinajstić information content (AvgIpc) is 3.43. The van der Waals surface area contributed by atoms with Crippen LogP contribution in [0.15, 0.2) is 71.0 Å². The van der Waals surface area contributed by atoms with Crippen LogP contribution in [0.3, 0.4) is 0 Å². The summed E-state index contributed by atoms with van der Waals surface area (Å²) in [5.41, 5.74) is 2.05. The number of halogens is 1. The molecule has 9 heteroatoms. The number of fused-ring (bicyclic) bond motifs is 1. The number of nitrogens with zero attached hydrogens (tertiary/aromatic N) is 4. The Morgan fingerprint density at radius 1 is 1.19 bits per heavy atom. The monoisotopic (exact) mass is 498 g/mol. The highest BCUT2D eigenvalue weighted by atomic mass is 32.1. The fraction of sp³-hybridized carbons (Fsp3) is 0.111. The van der Waals surface area contributed by atoms with Crippen LogP contribution in [0.25, 0.3) is 15.9 Å². The molecule has 0 aliphatic carbocycles. The molecule has 0 saturated carbocycles. The van der Waals surface area contributed by atoms with E-state index in [1.54, 1.807) is 42.9 Å².